The number of sulfonamides is 1. The predicted octanol–water partition coefficient (Wildman–Crippen LogP) is -0.182. The van der Waals surface area contributed by atoms with Crippen molar-refractivity contribution in [3.8, 4) is 0 Å². The summed E-state index contributed by atoms with van der Waals surface area (Å²) in [5.41, 5.74) is -0.601. The van der Waals surface area contributed by atoms with Crippen molar-refractivity contribution < 1.29 is 13.5 Å². The minimum absolute atomic E-state index is 0.142. The van der Waals surface area contributed by atoms with E-state index in [-0.39, 0.29) is 11.5 Å². The molecule has 1 heterocycles. The Morgan fingerprint density at radius 2 is 2.29 bits per heavy atom. The van der Waals surface area contributed by atoms with Crippen LogP contribution in [0, 0.1) is 0 Å². The van der Waals surface area contributed by atoms with E-state index in [9.17, 15) is 8.42 Å². The second-order valence-electron chi connectivity index (χ2n) is 3.59. The number of H-pyrrole nitrogens is 1. The Bertz CT molecular complexity index is 406. The largest absolute Gasteiger partial charge is 0.394 e. The fourth-order valence-corrected chi connectivity index (χ4v) is 2.69. The van der Waals surface area contributed by atoms with Crippen LogP contribution in [-0.2, 0) is 10.0 Å². The molecule has 0 saturated heterocycles. The highest BCUT2D eigenvalue weighted by molar-refractivity contribution is 7.89. The SMILES string of the molecule is O=S(=O)(NC1(CO)CC1)c1cc[nH]c1. The Kier molecular flexibility index (Phi) is 2.13. The molecule has 0 aliphatic heterocycles. The van der Waals surface area contributed by atoms with Gasteiger partial charge in [-0.3, -0.25) is 0 Å². The average Bonchev–Trinajstić information content (AvgIpc) is 2.70. The highest BCUT2D eigenvalue weighted by Crippen LogP contribution is 2.36. The zero-order chi connectivity index (χ0) is 10.2. The molecule has 0 amide bonds. The predicted molar refractivity (Wildman–Crippen MR) is 50.2 cm³/mol. The molecule has 0 radical (unpaired) electrons. The van der Waals surface area contributed by atoms with Gasteiger partial charge in [-0.1, -0.05) is 0 Å². The van der Waals surface area contributed by atoms with E-state index in [1.165, 1.54) is 12.3 Å². The van der Waals surface area contributed by atoms with Crippen LogP contribution in [0.1, 0.15) is 12.8 Å². The first-order valence-corrected chi connectivity index (χ1v) is 5.84. The Morgan fingerprint density at radius 1 is 1.57 bits per heavy atom. The van der Waals surface area contributed by atoms with E-state index in [4.69, 9.17) is 5.11 Å². The standard InChI is InChI=1S/C8H12N2O3S/c11-6-8(2-3-8)10-14(12,13)7-1-4-9-5-7/h1,4-5,9-11H,2-3,6H2. The highest BCUT2D eigenvalue weighted by atomic mass is 32.2. The van der Waals surface area contributed by atoms with Crippen LogP contribution >= 0.6 is 0 Å². The van der Waals surface area contributed by atoms with E-state index < -0.39 is 15.6 Å². The zero-order valence-electron chi connectivity index (χ0n) is 7.53. The molecule has 1 saturated carbocycles. The molecule has 0 aromatic carbocycles. The topological polar surface area (TPSA) is 82.2 Å². The van der Waals surface area contributed by atoms with Crippen LogP contribution in [0.3, 0.4) is 0 Å². The summed E-state index contributed by atoms with van der Waals surface area (Å²) < 4.78 is 25.8. The molecule has 1 fully saturated rings. The molecule has 1 aliphatic rings. The van der Waals surface area contributed by atoms with E-state index in [1.807, 2.05) is 0 Å². The van der Waals surface area contributed by atoms with Gasteiger partial charge < -0.3 is 10.1 Å². The highest BCUT2D eigenvalue weighted by Gasteiger charge is 2.45. The first kappa shape index (κ1) is 9.70. The van der Waals surface area contributed by atoms with Crippen LogP contribution in [0.4, 0.5) is 0 Å². The Hall–Kier alpha value is -0.850. The fraction of sp³-hybridized carbons (Fsp3) is 0.500. The normalized spacial score (nSPS) is 19.5. The van der Waals surface area contributed by atoms with Crippen molar-refractivity contribution >= 4 is 10.0 Å². The van der Waals surface area contributed by atoms with Gasteiger partial charge in [-0.15, -0.1) is 0 Å². The van der Waals surface area contributed by atoms with Crippen molar-refractivity contribution in [3.63, 3.8) is 0 Å². The van der Waals surface area contributed by atoms with Crippen LogP contribution in [0.5, 0.6) is 0 Å². The third-order valence-corrected chi connectivity index (χ3v) is 3.96. The Balaban J connectivity index is 2.19. The minimum Gasteiger partial charge on any atom is -0.394 e. The fourth-order valence-electron chi connectivity index (χ4n) is 1.26. The Morgan fingerprint density at radius 3 is 2.71 bits per heavy atom. The lowest BCUT2D eigenvalue weighted by atomic mass is 10.3. The van der Waals surface area contributed by atoms with Gasteiger partial charge in [0.05, 0.1) is 17.0 Å². The molecule has 2 rings (SSSR count). The molecule has 0 unspecified atom stereocenters. The molecule has 0 spiro atoms. The number of hydrogen-bond donors (Lipinski definition) is 3. The molecular weight excluding hydrogens is 204 g/mol. The van der Waals surface area contributed by atoms with Crippen molar-refractivity contribution in [1.29, 1.82) is 0 Å². The van der Waals surface area contributed by atoms with Crippen molar-refractivity contribution in [1.82, 2.24) is 9.71 Å². The van der Waals surface area contributed by atoms with Crippen molar-refractivity contribution in [2.24, 2.45) is 0 Å². The maximum Gasteiger partial charge on any atom is 0.242 e. The van der Waals surface area contributed by atoms with Crippen LogP contribution < -0.4 is 4.72 Å². The van der Waals surface area contributed by atoms with E-state index >= 15 is 0 Å². The summed E-state index contributed by atoms with van der Waals surface area (Å²) in [5, 5.41) is 8.98. The number of aliphatic hydroxyl groups excluding tert-OH is 1. The minimum atomic E-state index is -3.47. The maximum atomic E-state index is 11.7. The second-order valence-corrected chi connectivity index (χ2v) is 5.27. The lowest BCUT2D eigenvalue weighted by molar-refractivity contribution is 0.246. The molecular formula is C8H12N2O3S. The van der Waals surface area contributed by atoms with E-state index in [0.717, 1.165) is 0 Å². The third kappa shape index (κ3) is 1.68. The molecule has 3 N–H and O–H groups in total. The van der Waals surface area contributed by atoms with E-state index in [2.05, 4.69) is 9.71 Å². The summed E-state index contributed by atoms with van der Waals surface area (Å²) in [5.74, 6) is 0. The van der Waals surface area contributed by atoms with Gasteiger partial charge in [-0.05, 0) is 18.9 Å². The quantitative estimate of drug-likeness (QED) is 0.653. The lowest BCUT2D eigenvalue weighted by Gasteiger charge is -2.13. The Labute approximate surface area is 82.2 Å². The van der Waals surface area contributed by atoms with Crippen LogP contribution in [0.15, 0.2) is 23.4 Å². The van der Waals surface area contributed by atoms with Gasteiger partial charge in [0.25, 0.3) is 0 Å². The third-order valence-electron chi connectivity index (χ3n) is 2.39. The average molecular weight is 216 g/mol. The summed E-state index contributed by atoms with van der Waals surface area (Å²) in [4.78, 5) is 2.88. The van der Waals surface area contributed by atoms with Crippen LogP contribution in [-0.4, -0.2) is 30.7 Å². The summed E-state index contributed by atoms with van der Waals surface area (Å²) >= 11 is 0. The molecule has 6 heteroatoms. The van der Waals surface area contributed by atoms with Gasteiger partial charge in [0, 0.05) is 12.4 Å². The number of aliphatic hydroxyl groups is 1. The van der Waals surface area contributed by atoms with Gasteiger partial charge >= 0.3 is 0 Å². The molecule has 0 bridgehead atoms. The van der Waals surface area contributed by atoms with Crippen molar-refractivity contribution in [3.05, 3.63) is 18.5 Å². The number of hydrogen-bond acceptors (Lipinski definition) is 3. The second kappa shape index (κ2) is 3.08. The van der Waals surface area contributed by atoms with Gasteiger partial charge in [0.2, 0.25) is 10.0 Å². The van der Waals surface area contributed by atoms with E-state index in [1.54, 1.807) is 6.20 Å². The zero-order valence-corrected chi connectivity index (χ0v) is 8.34. The summed E-state index contributed by atoms with van der Waals surface area (Å²) in [7, 11) is -3.47. The smallest absolute Gasteiger partial charge is 0.242 e. The number of aromatic amines is 1. The monoisotopic (exact) mass is 216 g/mol. The van der Waals surface area contributed by atoms with Crippen LogP contribution in [0.25, 0.3) is 0 Å². The molecule has 1 aromatic rings. The lowest BCUT2D eigenvalue weighted by Crippen LogP contribution is -2.39. The molecule has 1 aliphatic carbocycles. The molecule has 1 aromatic heterocycles. The van der Waals surface area contributed by atoms with Crippen molar-refractivity contribution in [2.45, 2.75) is 23.3 Å². The van der Waals surface area contributed by atoms with Gasteiger partial charge in [0.1, 0.15) is 0 Å². The first-order valence-electron chi connectivity index (χ1n) is 4.36. The summed E-state index contributed by atoms with van der Waals surface area (Å²) in [6.07, 6.45) is 4.36. The molecule has 78 valence electrons. The molecule has 5 nitrogen and oxygen atoms in total. The molecule has 14 heavy (non-hydrogen) atoms. The van der Waals surface area contributed by atoms with Gasteiger partial charge in [-0.2, -0.15) is 0 Å². The van der Waals surface area contributed by atoms with Crippen molar-refractivity contribution in [2.75, 3.05) is 6.61 Å². The summed E-state index contributed by atoms with van der Waals surface area (Å²) in [6.45, 7) is -0.142. The number of aromatic nitrogens is 1. The van der Waals surface area contributed by atoms with Gasteiger partial charge in [-0.25, -0.2) is 13.1 Å². The first-order chi connectivity index (χ1) is 6.58. The number of rotatable bonds is 4. The van der Waals surface area contributed by atoms with Crippen LogP contribution in [0.2, 0.25) is 0 Å². The number of nitrogens with one attached hydrogen (secondary N) is 2. The summed E-state index contributed by atoms with van der Waals surface area (Å²) in [6, 6.07) is 1.48. The van der Waals surface area contributed by atoms with Gasteiger partial charge in [0.15, 0.2) is 0 Å². The van der Waals surface area contributed by atoms with E-state index in [0.29, 0.717) is 12.8 Å². The molecule has 0 atom stereocenters. The maximum absolute atomic E-state index is 11.7.